The monoisotopic (exact) mass is 1320 g/mol. The van der Waals surface area contributed by atoms with E-state index in [0.717, 1.165) is 126 Å². The van der Waals surface area contributed by atoms with E-state index in [0.29, 0.717) is 39.4 Å². The Balaban J connectivity index is 0.000000151. The summed E-state index contributed by atoms with van der Waals surface area (Å²) in [7, 11) is -1.20. The van der Waals surface area contributed by atoms with Crippen LogP contribution >= 0.6 is 15.9 Å². The van der Waals surface area contributed by atoms with Gasteiger partial charge in [-0.3, -0.25) is 0 Å². The molecule has 12 rings (SSSR count). The van der Waals surface area contributed by atoms with Gasteiger partial charge in [-0.2, -0.15) is 39.5 Å². The van der Waals surface area contributed by atoms with Crippen LogP contribution in [-0.2, 0) is 18.5 Å². The van der Waals surface area contributed by atoms with Crippen LogP contribution in [-0.4, -0.2) is 65.2 Å². The summed E-state index contributed by atoms with van der Waals surface area (Å²) in [5.41, 5.74) is 7.34. The number of anilines is 6. The van der Waals surface area contributed by atoms with Crippen molar-refractivity contribution in [2.75, 3.05) is 31.9 Å². The third-order valence-corrected chi connectivity index (χ3v) is 15.1. The number of hydrogen-bond acceptors (Lipinski definition) is 8. The van der Waals surface area contributed by atoms with Crippen LogP contribution in [0.2, 0.25) is 0 Å². The Morgan fingerprint density at radius 1 is 0.440 bits per heavy atom. The van der Waals surface area contributed by atoms with Crippen LogP contribution in [0.15, 0.2) is 156 Å². The Morgan fingerprint density at radius 3 is 1.07 bits per heavy atom. The second-order valence-corrected chi connectivity index (χ2v) is 22.1. The van der Waals surface area contributed by atoms with E-state index in [4.69, 9.17) is 10.0 Å². The van der Waals surface area contributed by atoms with Gasteiger partial charge in [0, 0.05) is 74.9 Å². The Bertz CT molecular complexity index is 3930. The molecule has 17 nitrogen and oxygen atoms in total. The van der Waals surface area contributed by atoms with Crippen LogP contribution < -0.4 is 31.9 Å². The van der Waals surface area contributed by atoms with E-state index in [-0.39, 0.29) is 17.1 Å². The van der Waals surface area contributed by atoms with Crippen molar-refractivity contribution in [3.05, 3.63) is 184 Å². The van der Waals surface area contributed by atoms with Gasteiger partial charge in [0.2, 0.25) is 0 Å². The molecule has 474 valence electrons. The lowest BCUT2D eigenvalue weighted by atomic mass is 9.74. The summed E-state index contributed by atoms with van der Waals surface area (Å²) in [5.74, 6) is 0. The molecule has 11 N–H and O–H groups in total. The maximum Gasteiger partial charge on any atom is 0.483 e. The normalized spacial score (nSPS) is 14.2. The summed E-state index contributed by atoms with van der Waals surface area (Å²) in [6, 6.07) is 16.8. The fourth-order valence-electron chi connectivity index (χ4n) is 10.0. The van der Waals surface area contributed by atoms with Crippen molar-refractivity contribution < 1.29 is 63.9 Å². The third-order valence-electron chi connectivity index (χ3n) is 14.7. The van der Waals surface area contributed by atoms with E-state index < -0.39 is 60.4 Å². The molecule has 0 spiro atoms. The zero-order valence-corrected chi connectivity index (χ0v) is 49.7. The summed E-state index contributed by atoms with van der Waals surface area (Å²) in [4.78, 5) is 58.5. The molecule has 0 fully saturated rings. The van der Waals surface area contributed by atoms with Gasteiger partial charge in [-0.05, 0) is 212 Å². The van der Waals surface area contributed by atoms with Gasteiger partial charge in [0.15, 0.2) is 0 Å². The number of halogens is 10. The first-order valence-corrected chi connectivity index (χ1v) is 29.5. The number of carbonyl (C=O) groups excluding carboxylic acids is 3. The van der Waals surface area contributed by atoms with Crippen molar-refractivity contribution in [3.63, 3.8) is 0 Å². The number of rotatable bonds is 9. The maximum atomic E-state index is 12.6. The fraction of sp³-hybridized carbons (Fsp3) is 0.238. The Morgan fingerprint density at radius 2 is 0.769 bits per heavy atom. The molecular formula is C63H59BBrF9N12O5. The smallest absolute Gasteiger partial charge is 0.423 e. The average molecular weight is 1330 g/mol. The molecule has 0 unspecified atom stereocenters. The summed E-state index contributed by atoms with van der Waals surface area (Å²) >= 11 is 3.30. The number of carbonyl (C=O) groups is 3. The number of hydrogen-bond donors (Lipinski definition) is 11. The fourth-order valence-corrected chi connectivity index (χ4v) is 10.4. The summed E-state index contributed by atoms with van der Waals surface area (Å²) in [6.07, 6.45) is 16.2. The molecule has 3 aliphatic rings. The Hall–Kier alpha value is -9.41. The highest BCUT2D eigenvalue weighted by Crippen LogP contribution is 2.36. The first kappa shape index (κ1) is 66.0. The van der Waals surface area contributed by atoms with Crippen molar-refractivity contribution in [1.82, 2.24) is 29.9 Å². The molecule has 6 aromatic heterocycles. The van der Waals surface area contributed by atoms with Crippen LogP contribution in [0.4, 0.5) is 88.0 Å². The van der Waals surface area contributed by atoms with E-state index in [1.54, 1.807) is 30.9 Å². The van der Waals surface area contributed by atoms with Crippen molar-refractivity contribution in [2.24, 2.45) is 0 Å². The zero-order chi connectivity index (χ0) is 64.9. The van der Waals surface area contributed by atoms with Gasteiger partial charge in [0.1, 0.15) is 16.9 Å². The number of aromatic amines is 3. The molecular weight excluding hydrogens is 1270 g/mol. The van der Waals surface area contributed by atoms with Gasteiger partial charge in [0.25, 0.3) is 0 Å². The number of benzene rings is 3. The van der Waals surface area contributed by atoms with Crippen molar-refractivity contribution in [2.45, 2.75) is 95.6 Å². The van der Waals surface area contributed by atoms with Crippen molar-refractivity contribution in [1.29, 1.82) is 0 Å². The third kappa shape index (κ3) is 18.4. The quantitative estimate of drug-likeness (QED) is 0.0489. The van der Waals surface area contributed by atoms with Gasteiger partial charge in [0.05, 0.1) is 33.8 Å². The van der Waals surface area contributed by atoms with E-state index in [2.05, 4.69) is 89.9 Å². The van der Waals surface area contributed by atoms with Gasteiger partial charge >= 0.3 is 43.7 Å². The lowest BCUT2D eigenvalue weighted by Gasteiger charge is -2.13. The highest BCUT2D eigenvalue weighted by molar-refractivity contribution is 9.10. The number of urea groups is 3. The van der Waals surface area contributed by atoms with E-state index >= 15 is 0 Å². The van der Waals surface area contributed by atoms with Gasteiger partial charge < -0.3 is 56.9 Å². The number of aromatic nitrogens is 6. The minimum Gasteiger partial charge on any atom is -0.423 e. The number of H-pyrrole nitrogens is 3. The molecule has 3 aliphatic carbocycles. The van der Waals surface area contributed by atoms with E-state index in [9.17, 15) is 53.9 Å². The van der Waals surface area contributed by atoms with Crippen LogP contribution in [0.5, 0.6) is 0 Å². The average Bonchev–Trinajstić information content (AvgIpc) is 1.80. The summed E-state index contributed by atoms with van der Waals surface area (Å²) < 4.78 is 114. The molecule has 91 heavy (non-hydrogen) atoms. The minimum absolute atomic E-state index is 0.250. The van der Waals surface area contributed by atoms with Gasteiger partial charge in [-0.25, -0.2) is 29.3 Å². The van der Waals surface area contributed by atoms with E-state index in [1.807, 2.05) is 30.6 Å². The number of pyridine rings is 3. The molecule has 0 atom stereocenters. The molecule has 0 aliphatic heterocycles. The molecule has 9 aromatic rings. The standard InChI is InChI=1S/2C21H19F3N4O.C15H10BrF3N4O.C6H11BO2/c2*22-21(23,24)15-6-8-16(9-7-15)27-20(29)28-18-12-26-19-17(18)10-14(11-25-19)13-4-2-1-3-5-13;16-9-5-11-12(7-21-13(11)20-6-9)23-14(24)22-10-3-1-8(2-4-10)15(17,18)19;8-7(9)6-4-2-1-3-5-6/h2*4,6-12H,1-3,5H2,(H,25,26)(H2,27,28,29);1-7H,(H,20,21)(H2,22,23,24);4,8-9H,1-3,5H2. The molecule has 28 heteroatoms. The highest BCUT2D eigenvalue weighted by atomic mass is 79.9. The Labute approximate surface area is 522 Å². The molecule has 6 amide bonds. The van der Waals surface area contributed by atoms with Crippen LogP contribution in [0, 0.1) is 0 Å². The van der Waals surface area contributed by atoms with Gasteiger partial charge in [-0.15, -0.1) is 0 Å². The minimum atomic E-state index is -4.41. The topological polar surface area (TPSA) is 250 Å². The second-order valence-electron chi connectivity index (χ2n) is 21.2. The number of nitrogens with one attached hydrogen (secondary N) is 9. The lowest BCUT2D eigenvalue weighted by Crippen LogP contribution is -2.19. The number of nitrogens with zero attached hydrogens (tertiary/aromatic N) is 3. The predicted molar refractivity (Wildman–Crippen MR) is 338 cm³/mol. The molecule has 0 saturated carbocycles. The van der Waals surface area contributed by atoms with Gasteiger partial charge in [-0.1, -0.05) is 18.2 Å². The van der Waals surface area contributed by atoms with Crippen molar-refractivity contribution >= 4 is 120 Å². The second kappa shape index (κ2) is 29.5. The SMILES string of the molecule is O=C(Nc1ccc(C(F)(F)F)cc1)Nc1c[nH]c2ncc(Br)cc12.O=C(Nc1ccc(C(F)(F)F)cc1)Nc1c[nH]c2ncc(C3=CCCCC3)cc12.O=C(Nc1ccc(C(F)(F)F)cc1)Nc1c[nH]c2ncc(C3=CCCCC3)cc12.OB(O)C1=CCCCC1. The van der Waals surface area contributed by atoms with Crippen LogP contribution in [0.3, 0.4) is 0 Å². The summed E-state index contributed by atoms with van der Waals surface area (Å²) in [5, 5.41) is 35.2. The lowest BCUT2D eigenvalue weighted by molar-refractivity contribution is -0.138. The highest BCUT2D eigenvalue weighted by Gasteiger charge is 2.32. The first-order valence-electron chi connectivity index (χ1n) is 28.7. The zero-order valence-electron chi connectivity index (χ0n) is 48.2. The molecule has 3 aromatic carbocycles. The number of alkyl halides is 9. The molecule has 0 radical (unpaired) electrons. The molecule has 6 heterocycles. The molecule has 0 bridgehead atoms. The van der Waals surface area contributed by atoms with E-state index in [1.165, 1.54) is 66.8 Å². The Kier molecular flexibility index (Phi) is 21.4. The molecule has 0 saturated heterocycles. The van der Waals surface area contributed by atoms with Crippen molar-refractivity contribution in [3.8, 4) is 0 Å². The number of allylic oxidation sites excluding steroid dienone is 6. The summed E-state index contributed by atoms with van der Waals surface area (Å²) in [6.45, 7) is 0. The van der Waals surface area contributed by atoms with Crippen LogP contribution in [0.25, 0.3) is 44.2 Å². The first-order chi connectivity index (χ1) is 43.4. The number of amides is 6. The largest absolute Gasteiger partial charge is 0.483 e. The number of fused-ring (bicyclic) bond motifs is 3. The predicted octanol–water partition coefficient (Wildman–Crippen LogP) is 17.9. The maximum absolute atomic E-state index is 12.6. The van der Waals surface area contributed by atoms with Crippen LogP contribution in [0.1, 0.15) is 105 Å².